The van der Waals surface area contributed by atoms with Crippen molar-refractivity contribution in [1.82, 2.24) is 5.32 Å². The van der Waals surface area contributed by atoms with Crippen molar-refractivity contribution >= 4 is 11.6 Å². The average molecular weight is 276 g/mol. The normalized spacial score (nSPS) is 15.4. The van der Waals surface area contributed by atoms with E-state index in [9.17, 15) is 8.78 Å². The molecule has 0 amide bonds. The lowest BCUT2D eigenvalue weighted by atomic mass is 9.94. The highest BCUT2D eigenvalue weighted by molar-refractivity contribution is 6.17. The molecule has 1 nitrogen and oxygen atoms in total. The fourth-order valence-corrected chi connectivity index (χ4v) is 2.12. The number of hydrogen-bond acceptors (Lipinski definition) is 1. The van der Waals surface area contributed by atoms with Crippen LogP contribution in [0.2, 0.25) is 0 Å². The number of hydrogen-bond donors (Lipinski definition) is 1. The van der Waals surface area contributed by atoms with Gasteiger partial charge >= 0.3 is 0 Å². The Balaban J connectivity index is 2.67. The molecule has 0 aliphatic rings. The highest BCUT2D eigenvalue weighted by atomic mass is 35.5. The monoisotopic (exact) mass is 275 g/mol. The van der Waals surface area contributed by atoms with Gasteiger partial charge < -0.3 is 5.32 Å². The van der Waals surface area contributed by atoms with Crippen LogP contribution in [0.1, 0.15) is 32.3 Å². The molecule has 1 atom stereocenters. The van der Waals surface area contributed by atoms with Crippen molar-refractivity contribution in [3.63, 3.8) is 0 Å². The molecule has 102 valence electrons. The molecule has 0 spiro atoms. The minimum Gasteiger partial charge on any atom is -0.306 e. The maximum atomic E-state index is 14.0. The summed E-state index contributed by atoms with van der Waals surface area (Å²) in [5.41, 5.74) is -0.290. The molecule has 0 saturated carbocycles. The summed E-state index contributed by atoms with van der Waals surface area (Å²) in [4.78, 5) is 0. The van der Waals surface area contributed by atoms with E-state index in [1.54, 1.807) is 18.2 Å². The maximum absolute atomic E-state index is 14.0. The van der Waals surface area contributed by atoms with E-state index < -0.39 is 5.92 Å². The first kappa shape index (κ1) is 15.4. The van der Waals surface area contributed by atoms with E-state index >= 15 is 0 Å². The Labute approximate surface area is 113 Å². The van der Waals surface area contributed by atoms with Gasteiger partial charge in [0.1, 0.15) is 0 Å². The van der Waals surface area contributed by atoms with Crippen molar-refractivity contribution in [1.29, 1.82) is 0 Å². The van der Waals surface area contributed by atoms with Crippen molar-refractivity contribution < 1.29 is 8.78 Å². The second-order valence-corrected chi connectivity index (χ2v) is 5.16. The molecule has 0 fully saturated rings. The van der Waals surface area contributed by atoms with Crippen molar-refractivity contribution in [2.75, 3.05) is 12.4 Å². The Hall–Kier alpha value is -0.670. The third-order valence-electron chi connectivity index (χ3n) is 3.36. The van der Waals surface area contributed by atoms with Crippen molar-refractivity contribution in [3.8, 4) is 0 Å². The van der Waals surface area contributed by atoms with Gasteiger partial charge in [-0.05, 0) is 19.8 Å². The van der Waals surface area contributed by atoms with E-state index in [0.717, 1.165) is 6.42 Å². The fraction of sp³-hybridized carbons (Fsp3) is 0.571. The molecular formula is C14H20ClF2N. The van der Waals surface area contributed by atoms with Gasteiger partial charge in [-0.1, -0.05) is 37.3 Å². The molecule has 0 radical (unpaired) electrons. The second-order valence-electron chi connectivity index (χ2n) is 4.78. The van der Waals surface area contributed by atoms with Gasteiger partial charge in [0.05, 0.1) is 6.54 Å². The lowest BCUT2D eigenvalue weighted by Gasteiger charge is -2.31. The van der Waals surface area contributed by atoms with E-state index in [4.69, 9.17) is 11.6 Å². The van der Waals surface area contributed by atoms with Gasteiger partial charge in [-0.2, -0.15) is 8.78 Å². The molecule has 18 heavy (non-hydrogen) atoms. The summed E-state index contributed by atoms with van der Waals surface area (Å²) in [6.45, 7) is 3.54. The van der Waals surface area contributed by atoms with Gasteiger partial charge in [-0.3, -0.25) is 0 Å². The van der Waals surface area contributed by atoms with Crippen molar-refractivity contribution in [2.45, 2.75) is 38.2 Å². The summed E-state index contributed by atoms with van der Waals surface area (Å²) >= 11 is 5.70. The van der Waals surface area contributed by atoms with Crippen LogP contribution in [-0.2, 0) is 5.92 Å². The molecule has 0 aliphatic heterocycles. The van der Waals surface area contributed by atoms with E-state index in [1.165, 1.54) is 12.1 Å². The van der Waals surface area contributed by atoms with E-state index in [-0.39, 0.29) is 17.6 Å². The standard InChI is InChI=1S/C14H20ClF2N/c1-3-13(2,9-10-15)18-11-14(16,17)12-7-5-4-6-8-12/h4-8,18H,3,9-11H2,1-2H3. The lowest BCUT2D eigenvalue weighted by Crippen LogP contribution is -2.46. The minimum absolute atomic E-state index is 0.0434. The second kappa shape index (κ2) is 6.48. The van der Waals surface area contributed by atoms with Gasteiger partial charge in [0, 0.05) is 17.0 Å². The van der Waals surface area contributed by atoms with Gasteiger partial charge in [0.2, 0.25) is 0 Å². The number of rotatable bonds is 7. The first-order valence-electron chi connectivity index (χ1n) is 6.18. The predicted molar refractivity (Wildman–Crippen MR) is 72.4 cm³/mol. The molecule has 1 aromatic rings. The van der Waals surface area contributed by atoms with Crippen LogP contribution >= 0.6 is 11.6 Å². The quantitative estimate of drug-likeness (QED) is 0.737. The topological polar surface area (TPSA) is 12.0 Å². The van der Waals surface area contributed by atoms with E-state index in [0.29, 0.717) is 12.3 Å². The number of alkyl halides is 3. The van der Waals surface area contributed by atoms with E-state index in [1.807, 2.05) is 13.8 Å². The molecule has 4 heteroatoms. The zero-order valence-electron chi connectivity index (χ0n) is 10.8. The predicted octanol–water partition coefficient (Wildman–Crippen LogP) is 4.17. The first-order chi connectivity index (χ1) is 8.43. The van der Waals surface area contributed by atoms with Gasteiger partial charge in [0.15, 0.2) is 0 Å². The Morgan fingerprint density at radius 3 is 2.33 bits per heavy atom. The van der Waals surface area contributed by atoms with Crippen LogP contribution in [0.5, 0.6) is 0 Å². The molecule has 1 unspecified atom stereocenters. The summed E-state index contributed by atoms with van der Waals surface area (Å²) in [6.07, 6.45) is 1.44. The summed E-state index contributed by atoms with van der Waals surface area (Å²) in [7, 11) is 0. The molecule has 0 saturated heterocycles. The molecular weight excluding hydrogens is 256 g/mol. The number of halogens is 3. The SMILES string of the molecule is CCC(C)(CCCl)NCC(F)(F)c1ccccc1. The molecule has 1 rings (SSSR count). The molecule has 0 aliphatic carbocycles. The van der Waals surface area contributed by atoms with Crippen molar-refractivity contribution in [2.24, 2.45) is 0 Å². The highest BCUT2D eigenvalue weighted by Crippen LogP contribution is 2.28. The van der Waals surface area contributed by atoms with Crippen LogP contribution in [0.4, 0.5) is 8.78 Å². The van der Waals surface area contributed by atoms with Crippen LogP contribution in [0.15, 0.2) is 30.3 Å². The largest absolute Gasteiger partial charge is 0.306 e. The van der Waals surface area contributed by atoms with Gasteiger partial charge in [-0.15, -0.1) is 11.6 Å². The van der Waals surface area contributed by atoms with Gasteiger partial charge in [-0.25, -0.2) is 0 Å². The van der Waals surface area contributed by atoms with E-state index in [2.05, 4.69) is 5.32 Å². The summed E-state index contributed by atoms with van der Waals surface area (Å²) < 4.78 is 27.9. The zero-order valence-corrected chi connectivity index (χ0v) is 11.6. The molecule has 0 heterocycles. The molecule has 0 aromatic heterocycles. The third kappa shape index (κ3) is 4.21. The van der Waals surface area contributed by atoms with Crippen LogP contribution < -0.4 is 5.32 Å². The lowest BCUT2D eigenvalue weighted by molar-refractivity contribution is -0.0107. The average Bonchev–Trinajstić information content (AvgIpc) is 2.38. The molecule has 1 N–H and O–H groups in total. The summed E-state index contributed by atoms with van der Waals surface area (Å²) in [5.74, 6) is -2.39. The highest BCUT2D eigenvalue weighted by Gasteiger charge is 2.34. The Morgan fingerprint density at radius 2 is 1.83 bits per heavy atom. The van der Waals surface area contributed by atoms with Crippen molar-refractivity contribution in [3.05, 3.63) is 35.9 Å². The van der Waals surface area contributed by atoms with Crippen LogP contribution in [0, 0.1) is 0 Å². The number of benzene rings is 1. The Kier molecular flexibility index (Phi) is 5.54. The fourth-order valence-electron chi connectivity index (χ4n) is 1.71. The third-order valence-corrected chi connectivity index (χ3v) is 3.55. The van der Waals surface area contributed by atoms with Crippen LogP contribution in [0.3, 0.4) is 0 Å². The first-order valence-corrected chi connectivity index (χ1v) is 6.71. The molecule has 1 aromatic carbocycles. The number of nitrogens with one attached hydrogen (secondary N) is 1. The minimum atomic E-state index is -2.86. The smallest absolute Gasteiger partial charge is 0.285 e. The van der Waals surface area contributed by atoms with Crippen LogP contribution in [0.25, 0.3) is 0 Å². The van der Waals surface area contributed by atoms with Gasteiger partial charge in [0.25, 0.3) is 5.92 Å². The van der Waals surface area contributed by atoms with Crippen LogP contribution in [-0.4, -0.2) is 18.0 Å². The Bertz CT molecular complexity index is 356. The Morgan fingerprint density at radius 1 is 1.22 bits per heavy atom. The summed E-state index contributed by atoms with van der Waals surface area (Å²) in [6, 6.07) is 7.89. The summed E-state index contributed by atoms with van der Waals surface area (Å²) in [5, 5.41) is 2.95. The maximum Gasteiger partial charge on any atom is 0.285 e. The molecule has 0 bridgehead atoms. The zero-order chi connectivity index (χ0) is 13.6.